The minimum atomic E-state index is 0.872. The third-order valence-electron chi connectivity index (χ3n) is 4.35. The van der Waals surface area contributed by atoms with Crippen LogP contribution in [0.2, 0.25) is 0 Å². The predicted molar refractivity (Wildman–Crippen MR) is 99.0 cm³/mol. The molecule has 0 aliphatic carbocycles. The van der Waals surface area contributed by atoms with E-state index in [9.17, 15) is 0 Å². The van der Waals surface area contributed by atoms with E-state index in [1.165, 1.54) is 33.2 Å². The van der Waals surface area contributed by atoms with E-state index in [0.29, 0.717) is 0 Å². The SMILES string of the molecule is Cc1ccc(-c2ccc3c(Cc4ccccc4)cnnc3c2)cc1. The number of aryl methyl sites for hydroxylation is 1. The van der Waals surface area contributed by atoms with Crippen LogP contribution in [0.3, 0.4) is 0 Å². The van der Waals surface area contributed by atoms with Gasteiger partial charge >= 0.3 is 0 Å². The zero-order valence-electron chi connectivity index (χ0n) is 13.6. The van der Waals surface area contributed by atoms with Crippen LogP contribution in [-0.2, 0) is 6.42 Å². The van der Waals surface area contributed by atoms with E-state index in [1.807, 2.05) is 12.3 Å². The van der Waals surface area contributed by atoms with Crippen LogP contribution in [-0.4, -0.2) is 10.2 Å². The van der Waals surface area contributed by atoms with E-state index in [4.69, 9.17) is 0 Å². The number of hydrogen-bond donors (Lipinski definition) is 0. The zero-order valence-corrected chi connectivity index (χ0v) is 13.6. The van der Waals surface area contributed by atoms with E-state index < -0.39 is 0 Å². The minimum absolute atomic E-state index is 0.872. The Morgan fingerprint density at radius 3 is 2.33 bits per heavy atom. The molecule has 0 aliphatic heterocycles. The molecule has 4 rings (SSSR count). The number of rotatable bonds is 3. The van der Waals surface area contributed by atoms with E-state index in [2.05, 4.69) is 83.9 Å². The largest absolute Gasteiger partial charge is 0.158 e. The summed E-state index contributed by atoms with van der Waals surface area (Å²) in [7, 11) is 0. The van der Waals surface area contributed by atoms with Gasteiger partial charge in [-0.15, -0.1) is 0 Å². The third kappa shape index (κ3) is 2.91. The number of fused-ring (bicyclic) bond motifs is 1. The first kappa shape index (κ1) is 14.6. The highest BCUT2D eigenvalue weighted by molar-refractivity contribution is 5.86. The van der Waals surface area contributed by atoms with Crippen molar-refractivity contribution in [2.75, 3.05) is 0 Å². The number of hydrogen-bond acceptors (Lipinski definition) is 2. The molecule has 0 spiro atoms. The maximum Gasteiger partial charge on any atom is 0.0938 e. The topological polar surface area (TPSA) is 25.8 Å². The van der Waals surface area contributed by atoms with Gasteiger partial charge in [-0.3, -0.25) is 0 Å². The molecule has 0 saturated carbocycles. The Balaban J connectivity index is 1.75. The fourth-order valence-corrected chi connectivity index (χ4v) is 3.00. The van der Waals surface area contributed by atoms with E-state index in [1.54, 1.807) is 0 Å². The summed E-state index contributed by atoms with van der Waals surface area (Å²) in [6.45, 7) is 2.10. The molecule has 1 heterocycles. The summed E-state index contributed by atoms with van der Waals surface area (Å²) in [5.74, 6) is 0. The Morgan fingerprint density at radius 1 is 0.792 bits per heavy atom. The third-order valence-corrected chi connectivity index (χ3v) is 4.35. The molecular formula is C22H18N2. The Hall–Kier alpha value is -3.00. The van der Waals surface area contributed by atoms with Gasteiger partial charge in [-0.25, -0.2) is 0 Å². The predicted octanol–water partition coefficient (Wildman–Crippen LogP) is 5.20. The van der Waals surface area contributed by atoms with Gasteiger partial charge in [0, 0.05) is 5.39 Å². The van der Waals surface area contributed by atoms with E-state index in [0.717, 1.165) is 11.9 Å². The molecule has 3 aromatic carbocycles. The fourth-order valence-electron chi connectivity index (χ4n) is 3.00. The van der Waals surface area contributed by atoms with Crippen molar-refractivity contribution in [1.82, 2.24) is 10.2 Å². The molecule has 1 aromatic heterocycles. The van der Waals surface area contributed by atoms with Gasteiger partial charge in [0.2, 0.25) is 0 Å². The van der Waals surface area contributed by atoms with Crippen molar-refractivity contribution in [1.29, 1.82) is 0 Å². The molecule has 0 atom stereocenters. The maximum atomic E-state index is 4.34. The molecule has 0 unspecified atom stereocenters. The molecule has 116 valence electrons. The highest BCUT2D eigenvalue weighted by Crippen LogP contribution is 2.26. The van der Waals surface area contributed by atoms with Crippen molar-refractivity contribution in [3.8, 4) is 11.1 Å². The van der Waals surface area contributed by atoms with Gasteiger partial charge in [0.05, 0.1) is 11.7 Å². The molecule has 0 N–H and O–H groups in total. The van der Waals surface area contributed by atoms with Crippen LogP contribution in [0.4, 0.5) is 0 Å². The summed E-state index contributed by atoms with van der Waals surface area (Å²) in [6.07, 6.45) is 2.75. The van der Waals surface area contributed by atoms with Crippen LogP contribution in [0.1, 0.15) is 16.7 Å². The Kier molecular flexibility index (Phi) is 3.80. The molecule has 0 bridgehead atoms. The Labute approximate surface area is 141 Å². The molecule has 2 nitrogen and oxygen atoms in total. The van der Waals surface area contributed by atoms with Gasteiger partial charge in [0.15, 0.2) is 0 Å². The standard InChI is InChI=1S/C22H18N2/c1-16-7-9-18(10-8-16)19-11-12-21-20(15-23-24-22(21)14-19)13-17-5-3-2-4-6-17/h2-12,14-15H,13H2,1H3. The molecular weight excluding hydrogens is 292 g/mol. The van der Waals surface area contributed by atoms with Crippen molar-refractivity contribution in [2.24, 2.45) is 0 Å². The lowest BCUT2D eigenvalue weighted by molar-refractivity contribution is 1.04. The highest BCUT2D eigenvalue weighted by atomic mass is 15.1. The summed E-state index contributed by atoms with van der Waals surface area (Å²) >= 11 is 0. The van der Waals surface area contributed by atoms with Gasteiger partial charge in [0.1, 0.15) is 0 Å². The van der Waals surface area contributed by atoms with Crippen LogP contribution < -0.4 is 0 Å². The first-order chi connectivity index (χ1) is 11.8. The van der Waals surface area contributed by atoms with E-state index in [-0.39, 0.29) is 0 Å². The first-order valence-electron chi connectivity index (χ1n) is 8.15. The number of aromatic nitrogens is 2. The summed E-state index contributed by atoms with van der Waals surface area (Å²) in [4.78, 5) is 0. The summed E-state index contributed by atoms with van der Waals surface area (Å²) in [5.41, 5.74) is 7.09. The summed E-state index contributed by atoms with van der Waals surface area (Å²) in [5, 5.41) is 9.72. The number of benzene rings is 3. The normalized spacial score (nSPS) is 10.9. The monoisotopic (exact) mass is 310 g/mol. The van der Waals surface area contributed by atoms with Crippen LogP contribution in [0.25, 0.3) is 22.0 Å². The lowest BCUT2D eigenvalue weighted by atomic mass is 9.99. The summed E-state index contributed by atoms with van der Waals surface area (Å²) in [6, 6.07) is 25.5. The van der Waals surface area contributed by atoms with E-state index >= 15 is 0 Å². The fraction of sp³-hybridized carbons (Fsp3) is 0.0909. The molecule has 0 aliphatic rings. The Morgan fingerprint density at radius 2 is 1.54 bits per heavy atom. The smallest absolute Gasteiger partial charge is 0.0938 e. The molecule has 2 heteroatoms. The molecule has 0 radical (unpaired) electrons. The minimum Gasteiger partial charge on any atom is -0.158 e. The number of nitrogens with zero attached hydrogens (tertiary/aromatic N) is 2. The van der Waals surface area contributed by atoms with Crippen LogP contribution in [0.5, 0.6) is 0 Å². The zero-order chi connectivity index (χ0) is 16.4. The lowest BCUT2D eigenvalue weighted by Crippen LogP contribution is -1.94. The molecule has 4 aromatic rings. The van der Waals surface area contributed by atoms with Gasteiger partial charge in [-0.2, -0.15) is 10.2 Å². The van der Waals surface area contributed by atoms with Crippen molar-refractivity contribution in [3.63, 3.8) is 0 Å². The molecule has 24 heavy (non-hydrogen) atoms. The second-order valence-electron chi connectivity index (χ2n) is 6.13. The average Bonchev–Trinajstić information content (AvgIpc) is 2.63. The first-order valence-corrected chi connectivity index (χ1v) is 8.15. The molecule has 0 amide bonds. The lowest BCUT2D eigenvalue weighted by Gasteiger charge is -2.08. The van der Waals surface area contributed by atoms with Gasteiger partial charge in [0.25, 0.3) is 0 Å². The quantitative estimate of drug-likeness (QED) is 0.520. The average molecular weight is 310 g/mol. The van der Waals surface area contributed by atoms with Crippen LogP contribution in [0, 0.1) is 6.92 Å². The van der Waals surface area contributed by atoms with Gasteiger partial charge in [-0.1, -0.05) is 72.3 Å². The van der Waals surface area contributed by atoms with Crippen molar-refractivity contribution in [2.45, 2.75) is 13.3 Å². The Bertz CT molecular complexity index is 974. The second kappa shape index (κ2) is 6.25. The summed E-state index contributed by atoms with van der Waals surface area (Å²) < 4.78 is 0. The van der Waals surface area contributed by atoms with Crippen LogP contribution >= 0.6 is 0 Å². The van der Waals surface area contributed by atoms with Crippen molar-refractivity contribution >= 4 is 10.9 Å². The maximum absolute atomic E-state index is 4.34. The van der Waals surface area contributed by atoms with Crippen molar-refractivity contribution in [3.05, 3.63) is 95.7 Å². The second-order valence-corrected chi connectivity index (χ2v) is 6.13. The van der Waals surface area contributed by atoms with Crippen molar-refractivity contribution < 1.29 is 0 Å². The molecule has 0 saturated heterocycles. The van der Waals surface area contributed by atoms with Gasteiger partial charge < -0.3 is 0 Å². The van der Waals surface area contributed by atoms with Crippen LogP contribution in [0.15, 0.2) is 79.0 Å². The van der Waals surface area contributed by atoms with Gasteiger partial charge in [-0.05, 0) is 41.7 Å². The molecule has 0 fully saturated rings. The highest BCUT2D eigenvalue weighted by Gasteiger charge is 2.06.